The van der Waals surface area contributed by atoms with E-state index in [4.69, 9.17) is 4.42 Å². The third-order valence-corrected chi connectivity index (χ3v) is 3.89. The quantitative estimate of drug-likeness (QED) is 0.876. The second-order valence-electron chi connectivity index (χ2n) is 5.27. The Labute approximate surface area is 121 Å². The second kappa shape index (κ2) is 4.56. The van der Waals surface area contributed by atoms with Gasteiger partial charge in [-0.3, -0.25) is 9.59 Å². The Bertz CT molecular complexity index is 720. The molecular formula is C16H15NO4. The number of nitrogens with zero attached hydrogens (tertiary/aromatic N) is 1. The average Bonchev–Trinajstić information content (AvgIpc) is 3.04. The minimum absolute atomic E-state index is 0.139. The van der Waals surface area contributed by atoms with Crippen LogP contribution in [0.25, 0.3) is 0 Å². The third-order valence-electron chi connectivity index (χ3n) is 3.89. The summed E-state index contributed by atoms with van der Waals surface area (Å²) in [5.74, 6) is -0.759. The number of aliphatic hydroxyl groups is 1. The predicted octanol–water partition coefficient (Wildman–Crippen LogP) is 2.03. The van der Waals surface area contributed by atoms with Crippen molar-refractivity contribution < 1.29 is 19.1 Å². The summed E-state index contributed by atoms with van der Waals surface area (Å²) in [5.41, 5.74) is 0.178. The molecule has 2 heterocycles. The van der Waals surface area contributed by atoms with E-state index in [1.807, 2.05) is 13.0 Å². The molecule has 0 unspecified atom stereocenters. The van der Waals surface area contributed by atoms with E-state index in [9.17, 15) is 14.7 Å². The summed E-state index contributed by atoms with van der Waals surface area (Å²) in [4.78, 5) is 26.0. The van der Waals surface area contributed by atoms with Crippen LogP contribution >= 0.6 is 0 Å². The Morgan fingerprint density at radius 2 is 2.10 bits per heavy atom. The van der Waals surface area contributed by atoms with E-state index in [1.54, 1.807) is 25.2 Å². The lowest BCUT2D eigenvalue weighted by Gasteiger charge is -2.20. The van der Waals surface area contributed by atoms with Crippen molar-refractivity contribution in [1.29, 1.82) is 0 Å². The minimum Gasteiger partial charge on any atom is -0.461 e. The van der Waals surface area contributed by atoms with Crippen LogP contribution in [0.5, 0.6) is 0 Å². The van der Waals surface area contributed by atoms with Crippen molar-refractivity contribution in [2.24, 2.45) is 0 Å². The number of rotatable bonds is 3. The number of fused-ring (bicyclic) bond motifs is 1. The van der Waals surface area contributed by atoms with Crippen LogP contribution in [0.1, 0.15) is 28.1 Å². The highest BCUT2D eigenvalue weighted by atomic mass is 16.3. The number of anilines is 1. The van der Waals surface area contributed by atoms with E-state index >= 15 is 0 Å². The van der Waals surface area contributed by atoms with Gasteiger partial charge < -0.3 is 14.4 Å². The van der Waals surface area contributed by atoms with Crippen LogP contribution in [0.3, 0.4) is 0 Å². The first kappa shape index (κ1) is 13.6. The number of Topliss-reactive ketones (excluding diaryl/α,β-unsaturated/α-hetero) is 1. The lowest BCUT2D eigenvalue weighted by atomic mass is 9.88. The van der Waals surface area contributed by atoms with Gasteiger partial charge in [0.25, 0.3) is 5.91 Å². The van der Waals surface area contributed by atoms with Gasteiger partial charge in [0, 0.05) is 12.6 Å². The number of aryl methyl sites for hydroxylation is 1. The van der Waals surface area contributed by atoms with Crippen molar-refractivity contribution in [1.82, 2.24) is 0 Å². The van der Waals surface area contributed by atoms with Gasteiger partial charge in [-0.25, -0.2) is 0 Å². The van der Waals surface area contributed by atoms with Crippen LogP contribution in [0, 0.1) is 6.92 Å². The molecule has 3 rings (SSSR count). The molecule has 0 saturated carbocycles. The smallest absolute Gasteiger partial charge is 0.263 e. The molecule has 1 aliphatic heterocycles. The van der Waals surface area contributed by atoms with Crippen molar-refractivity contribution in [3.8, 4) is 0 Å². The number of hydrogen-bond donors (Lipinski definition) is 1. The summed E-state index contributed by atoms with van der Waals surface area (Å²) in [6, 6.07) is 8.43. The molecule has 5 heteroatoms. The van der Waals surface area contributed by atoms with Crippen LogP contribution in [0.2, 0.25) is 0 Å². The Kier molecular flexibility index (Phi) is 2.95. The highest BCUT2D eigenvalue weighted by Crippen LogP contribution is 2.43. The molecule has 0 aliphatic carbocycles. The van der Waals surface area contributed by atoms with E-state index in [0.29, 0.717) is 11.3 Å². The predicted molar refractivity (Wildman–Crippen MR) is 76.1 cm³/mol. The highest BCUT2D eigenvalue weighted by molar-refractivity contribution is 6.10. The summed E-state index contributed by atoms with van der Waals surface area (Å²) in [6.45, 7) is 1.86. The highest BCUT2D eigenvalue weighted by Gasteiger charge is 2.50. The third kappa shape index (κ3) is 1.89. The molecule has 5 nitrogen and oxygen atoms in total. The summed E-state index contributed by atoms with van der Waals surface area (Å²) < 4.78 is 5.04. The van der Waals surface area contributed by atoms with E-state index in [2.05, 4.69) is 0 Å². The normalized spacial score (nSPS) is 20.7. The van der Waals surface area contributed by atoms with Crippen molar-refractivity contribution in [3.63, 3.8) is 0 Å². The molecule has 0 radical (unpaired) electrons. The van der Waals surface area contributed by atoms with E-state index < -0.39 is 17.3 Å². The molecule has 0 spiro atoms. The maximum absolute atomic E-state index is 12.4. The molecule has 21 heavy (non-hydrogen) atoms. The Balaban J connectivity index is 2.04. The standard InChI is InChI=1S/C16H15NO4/c1-10-5-3-6-11-14(10)17(2)15(19)16(11,20)9-12(18)13-7-4-8-21-13/h3-8,20H,9H2,1-2H3/t16-/m0/s1. The number of carbonyl (C=O) groups is 2. The molecule has 0 bridgehead atoms. The topological polar surface area (TPSA) is 70.8 Å². The molecule has 0 saturated heterocycles. The van der Waals surface area contributed by atoms with Gasteiger partial charge in [0.05, 0.1) is 18.4 Å². The summed E-state index contributed by atoms with van der Waals surface area (Å²) >= 11 is 0. The second-order valence-corrected chi connectivity index (χ2v) is 5.27. The SMILES string of the molecule is Cc1cccc2c1N(C)C(=O)[C@]2(O)CC(=O)c1ccco1. The summed E-state index contributed by atoms with van der Waals surface area (Å²) in [5, 5.41) is 10.8. The molecule has 1 N–H and O–H groups in total. The zero-order chi connectivity index (χ0) is 15.2. The van der Waals surface area contributed by atoms with Gasteiger partial charge >= 0.3 is 0 Å². The zero-order valence-corrected chi connectivity index (χ0v) is 11.8. The molecular weight excluding hydrogens is 270 g/mol. The Morgan fingerprint density at radius 3 is 2.76 bits per heavy atom. The molecule has 1 aromatic carbocycles. The van der Waals surface area contributed by atoms with E-state index in [-0.39, 0.29) is 12.2 Å². The van der Waals surface area contributed by atoms with Gasteiger partial charge in [-0.05, 0) is 24.6 Å². The number of furan rings is 1. The number of ketones is 1. The van der Waals surface area contributed by atoms with Crippen molar-refractivity contribution >= 4 is 17.4 Å². The molecule has 1 aliphatic rings. The van der Waals surface area contributed by atoms with Gasteiger partial charge in [0.1, 0.15) is 0 Å². The van der Waals surface area contributed by atoms with Crippen LogP contribution in [-0.4, -0.2) is 23.8 Å². The van der Waals surface area contributed by atoms with Crippen LogP contribution in [0.15, 0.2) is 41.0 Å². The summed E-state index contributed by atoms with van der Waals surface area (Å²) in [7, 11) is 1.60. The number of amides is 1. The fraction of sp³-hybridized carbons (Fsp3) is 0.250. The van der Waals surface area contributed by atoms with E-state index in [0.717, 1.165) is 5.56 Å². The summed E-state index contributed by atoms with van der Waals surface area (Å²) in [6.07, 6.45) is 1.05. The van der Waals surface area contributed by atoms with Crippen molar-refractivity contribution in [3.05, 3.63) is 53.5 Å². The molecule has 108 valence electrons. The van der Waals surface area contributed by atoms with E-state index in [1.165, 1.54) is 17.2 Å². The largest absolute Gasteiger partial charge is 0.461 e. The zero-order valence-electron chi connectivity index (χ0n) is 11.8. The first-order valence-electron chi connectivity index (χ1n) is 6.62. The fourth-order valence-corrected chi connectivity index (χ4v) is 2.86. The minimum atomic E-state index is -1.83. The van der Waals surface area contributed by atoms with Gasteiger partial charge in [-0.1, -0.05) is 18.2 Å². The number of benzene rings is 1. The molecule has 0 fully saturated rings. The number of carbonyl (C=O) groups excluding carboxylic acids is 2. The van der Waals surface area contributed by atoms with Gasteiger partial charge in [-0.2, -0.15) is 0 Å². The lowest BCUT2D eigenvalue weighted by Crippen LogP contribution is -2.40. The maximum atomic E-state index is 12.4. The van der Waals surface area contributed by atoms with Crippen LogP contribution in [-0.2, 0) is 10.4 Å². The fourth-order valence-electron chi connectivity index (χ4n) is 2.86. The van der Waals surface area contributed by atoms with Crippen LogP contribution in [0.4, 0.5) is 5.69 Å². The first-order valence-corrected chi connectivity index (χ1v) is 6.62. The molecule has 1 amide bonds. The molecule has 1 aromatic heterocycles. The average molecular weight is 285 g/mol. The van der Waals surface area contributed by atoms with Gasteiger partial charge in [0.2, 0.25) is 5.78 Å². The first-order chi connectivity index (χ1) is 9.95. The van der Waals surface area contributed by atoms with Gasteiger partial charge in [-0.15, -0.1) is 0 Å². The maximum Gasteiger partial charge on any atom is 0.263 e. The van der Waals surface area contributed by atoms with Crippen LogP contribution < -0.4 is 4.90 Å². The Hall–Kier alpha value is -2.40. The van der Waals surface area contributed by atoms with Crippen molar-refractivity contribution in [2.45, 2.75) is 18.9 Å². The Morgan fingerprint density at radius 1 is 1.33 bits per heavy atom. The number of para-hydroxylation sites is 1. The number of hydrogen-bond acceptors (Lipinski definition) is 4. The molecule has 1 atom stereocenters. The molecule has 2 aromatic rings. The van der Waals surface area contributed by atoms with Gasteiger partial charge in [0.15, 0.2) is 11.4 Å². The van der Waals surface area contributed by atoms with Crippen molar-refractivity contribution in [2.75, 3.05) is 11.9 Å². The monoisotopic (exact) mass is 285 g/mol. The lowest BCUT2D eigenvalue weighted by molar-refractivity contribution is -0.135. The number of likely N-dealkylation sites (N-methyl/N-ethyl adjacent to an activating group) is 1.